The molecule has 0 spiro atoms. The van der Waals surface area contributed by atoms with Gasteiger partial charge in [0.05, 0.1) is 12.7 Å². The molecule has 29 heavy (non-hydrogen) atoms. The second kappa shape index (κ2) is 7.56. The second-order valence-corrected chi connectivity index (χ2v) is 11.2. The molecule has 1 aromatic carbocycles. The van der Waals surface area contributed by atoms with Crippen LogP contribution in [0.25, 0.3) is 0 Å². The lowest BCUT2D eigenvalue weighted by molar-refractivity contribution is -0.128. The monoisotopic (exact) mass is 392 g/mol. The van der Waals surface area contributed by atoms with Crippen molar-refractivity contribution < 1.29 is 4.74 Å². The van der Waals surface area contributed by atoms with Crippen molar-refractivity contribution >= 4 is 0 Å². The number of allylic oxidation sites excluding steroid dienone is 2. The molecule has 0 radical (unpaired) electrons. The molecular weight excluding hydrogens is 352 g/mol. The van der Waals surface area contributed by atoms with Crippen LogP contribution in [-0.2, 0) is 11.3 Å². The molecule has 0 heterocycles. The Labute approximate surface area is 178 Å². The van der Waals surface area contributed by atoms with Crippen LogP contribution >= 0.6 is 0 Å². The first-order valence-electron chi connectivity index (χ1n) is 12.4. The normalized spacial score (nSPS) is 45.5. The van der Waals surface area contributed by atoms with Crippen LogP contribution in [0.15, 0.2) is 42.0 Å². The quantitative estimate of drug-likeness (QED) is 0.482. The summed E-state index contributed by atoms with van der Waals surface area (Å²) in [5.74, 6) is 3.78. The Morgan fingerprint density at radius 2 is 1.79 bits per heavy atom. The van der Waals surface area contributed by atoms with E-state index in [2.05, 4.69) is 57.2 Å². The van der Waals surface area contributed by atoms with Crippen LogP contribution in [0, 0.1) is 34.5 Å². The van der Waals surface area contributed by atoms with Crippen LogP contribution in [-0.4, -0.2) is 6.10 Å². The molecule has 0 aromatic heterocycles. The van der Waals surface area contributed by atoms with Gasteiger partial charge >= 0.3 is 0 Å². The van der Waals surface area contributed by atoms with E-state index >= 15 is 0 Å². The Morgan fingerprint density at radius 1 is 0.966 bits per heavy atom. The van der Waals surface area contributed by atoms with Gasteiger partial charge in [-0.15, -0.1) is 0 Å². The molecule has 0 aliphatic heterocycles. The fraction of sp³-hybridized carbons (Fsp3) is 0.714. The highest BCUT2D eigenvalue weighted by molar-refractivity contribution is 5.23. The van der Waals surface area contributed by atoms with Gasteiger partial charge in [-0.1, -0.05) is 55.8 Å². The minimum Gasteiger partial charge on any atom is -0.374 e. The molecule has 0 amide bonds. The highest BCUT2D eigenvalue weighted by Gasteiger charge is 2.58. The van der Waals surface area contributed by atoms with Crippen molar-refractivity contribution in [3.05, 3.63) is 47.5 Å². The van der Waals surface area contributed by atoms with Gasteiger partial charge in [0.15, 0.2) is 0 Å². The Morgan fingerprint density at radius 3 is 2.59 bits per heavy atom. The van der Waals surface area contributed by atoms with Gasteiger partial charge in [-0.3, -0.25) is 0 Å². The lowest BCUT2D eigenvalue weighted by Gasteiger charge is -2.60. The summed E-state index contributed by atoms with van der Waals surface area (Å²) in [5.41, 5.74) is 4.19. The highest BCUT2D eigenvalue weighted by atomic mass is 16.5. The molecule has 158 valence electrons. The molecule has 0 N–H and O–H groups in total. The number of rotatable bonds is 3. The van der Waals surface area contributed by atoms with Crippen molar-refractivity contribution in [1.29, 1.82) is 0 Å². The van der Waals surface area contributed by atoms with Gasteiger partial charge in [0.25, 0.3) is 0 Å². The number of ether oxygens (including phenoxy) is 1. The van der Waals surface area contributed by atoms with E-state index in [1.54, 1.807) is 5.57 Å². The van der Waals surface area contributed by atoms with E-state index in [9.17, 15) is 0 Å². The predicted molar refractivity (Wildman–Crippen MR) is 121 cm³/mol. The minimum absolute atomic E-state index is 0.472. The number of hydrogen-bond acceptors (Lipinski definition) is 1. The van der Waals surface area contributed by atoms with Crippen LogP contribution in [0.2, 0.25) is 0 Å². The number of hydrogen-bond donors (Lipinski definition) is 0. The zero-order valence-corrected chi connectivity index (χ0v) is 18.8. The van der Waals surface area contributed by atoms with Gasteiger partial charge in [-0.25, -0.2) is 0 Å². The molecular formula is C28H40O. The van der Waals surface area contributed by atoms with Gasteiger partial charge < -0.3 is 4.74 Å². The van der Waals surface area contributed by atoms with Crippen LogP contribution in [0.1, 0.15) is 84.1 Å². The molecule has 5 unspecified atom stereocenters. The van der Waals surface area contributed by atoms with Gasteiger partial charge in [-0.05, 0) is 105 Å². The molecule has 1 heteroatoms. The van der Waals surface area contributed by atoms with E-state index in [1.165, 1.54) is 63.4 Å². The molecule has 1 aromatic rings. The van der Waals surface area contributed by atoms with E-state index in [1.807, 2.05) is 0 Å². The first kappa shape index (κ1) is 19.9. The molecule has 4 saturated carbocycles. The Hall–Kier alpha value is -1.08. The standard InChI is InChI=1S/C28H40O/c1-4-21-11-13-25-24-12-10-22-18-23(29-19-20-8-6-5-7-9-20)14-16-28(22,3)26(24)15-17-27(21,25)2/h4-9,22-26H,10-19H2,1-3H3/t22?,23?,24?,25?,26?,27-,28+/m1/s1. The van der Waals surface area contributed by atoms with Crippen molar-refractivity contribution in [2.24, 2.45) is 34.5 Å². The second-order valence-electron chi connectivity index (χ2n) is 11.2. The Balaban J connectivity index is 1.27. The molecule has 0 saturated heterocycles. The minimum atomic E-state index is 0.472. The van der Waals surface area contributed by atoms with Crippen LogP contribution < -0.4 is 0 Å². The van der Waals surface area contributed by atoms with Crippen molar-refractivity contribution in [1.82, 2.24) is 0 Å². The largest absolute Gasteiger partial charge is 0.374 e. The summed E-state index contributed by atoms with van der Waals surface area (Å²) in [6, 6.07) is 10.7. The van der Waals surface area contributed by atoms with Crippen molar-refractivity contribution in [3.63, 3.8) is 0 Å². The van der Waals surface area contributed by atoms with Gasteiger partial charge in [0, 0.05) is 0 Å². The predicted octanol–water partition coefficient (Wildman–Crippen LogP) is 7.56. The molecule has 4 aliphatic carbocycles. The van der Waals surface area contributed by atoms with Crippen LogP contribution in [0.5, 0.6) is 0 Å². The Kier molecular flexibility index (Phi) is 5.18. The molecule has 7 atom stereocenters. The Bertz CT molecular complexity index is 751. The maximum Gasteiger partial charge on any atom is 0.0720 e. The van der Waals surface area contributed by atoms with E-state index in [4.69, 9.17) is 4.74 Å². The lowest BCUT2D eigenvalue weighted by atomic mass is 9.45. The fourth-order valence-electron chi connectivity index (χ4n) is 8.48. The third-order valence-electron chi connectivity index (χ3n) is 10.1. The first-order chi connectivity index (χ1) is 14.0. The van der Waals surface area contributed by atoms with E-state index in [0.717, 1.165) is 30.3 Å². The molecule has 4 aliphatic rings. The van der Waals surface area contributed by atoms with Crippen molar-refractivity contribution in [2.75, 3.05) is 0 Å². The van der Waals surface area contributed by atoms with Gasteiger partial charge in [0.1, 0.15) is 0 Å². The smallest absolute Gasteiger partial charge is 0.0720 e. The van der Waals surface area contributed by atoms with Crippen molar-refractivity contribution in [3.8, 4) is 0 Å². The summed E-state index contributed by atoms with van der Waals surface area (Å²) in [4.78, 5) is 0. The summed E-state index contributed by atoms with van der Waals surface area (Å²) < 4.78 is 6.41. The summed E-state index contributed by atoms with van der Waals surface area (Å²) in [7, 11) is 0. The van der Waals surface area contributed by atoms with E-state index in [0.29, 0.717) is 16.9 Å². The van der Waals surface area contributed by atoms with Crippen molar-refractivity contribution in [2.45, 2.75) is 91.3 Å². The van der Waals surface area contributed by atoms with Gasteiger partial charge in [0.2, 0.25) is 0 Å². The number of fused-ring (bicyclic) bond motifs is 5. The molecule has 1 nitrogen and oxygen atoms in total. The summed E-state index contributed by atoms with van der Waals surface area (Å²) >= 11 is 0. The topological polar surface area (TPSA) is 9.23 Å². The van der Waals surface area contributed by atoms with E-state index in [-0.39, 0.29) is 0 Å². The SMILES string of the molecule is CC=C1CCC2C3CCC4CC(OCc5ccccc5)CC[C@]4(C)C3CC[C@]12C. The average Bonchev–Trinajstić information content (AvgIpc) is 3.09. The lowest BCUT2D eigenvalue weighted by Crippen LogP contribution is -2.53. The molecule has 5 rings (SSSR count). The highest BCUT2D eigenvalue weighted by Crippen LogP contribution is 2.67. The maximum atomic E-state index is 6.41. The third-order valence-corrected chi connectivity index (χ3v) is 10.1. The summed E-state index contributed by atoms with van der Waals surface area (Å²) in [5, 5.41) is 0. The third kappa shape index (κ3) is 3.23. The molecule has 4 fully saturated rings. The maximum absolute atomic E-state index is 6.41. The summed E-state index contributed by atoms with van der Waals surface area (Å²) in [6.07, 6.45) is 15.6. The first-order valence-corrected chi connectivity index (χ1v) is 12.4. The fourth-order valence-corrected chi connectivity index (χ4v) is 8.48. The number of benzene rings is 1. The van der Waals surface area contributed by atoms with E-state index < -0.39 is 0 Å². The average molecular weight is 393 g/mol. The molecule has 0 bridgehead atoms. The zero-order chi connectivity index (χ0) is 20.1. The zero-order valence-electron chi connectivity index (χ0n) is 18.8. The van der Waals surface area contributed by atoms with Crippen LogP contribution in [0.4, 0.5) is 0 Å². The van der Waals surface area contributed by atoms with Gasteiger partial charge in [-0.2, -0.15) is 0 Å². The van der Waals surface area contributed by atoms with Crippen LogP contribution in [0.3, 0.4) is 0 Å². The summed E-state index contributed by atoms with van der Waals surface area (Å²) in [6.45, 7) is 8.35.